The van der Waals surface area contributed by atoms with Crippen LogP contribution in [0, 0.1) is 0 Å². The molecular weight excluding hydrogens is 256 g/mol. The number of rotatable bonds is 9. The topological polar surface area (TPSA) is 75.8 Å². The van der Waals surface area contributed by atoms with Gasteiger partial charge < -0.3 is 20.5 Å². The van der Waals surface area contributed by atoms with Gasteiger partial charge >= 0.3 is 0 Å². The molecule has 0 saturated heterocycles. The normalized spacial score (nSPS) is 10.3. The molecule has 20 heavy (non-hydrogen) atoms. The Kier molecular flexibility index (Phi) is 7.69. The van der Waals surface area contributed by atoms with Crippen molar-refractivity contribution in [2.24, 2.45) is 5.73 Å². The second-order valence-electron chi connectivity index (χ2n) is 4.56. The Morgan fingerprint density at radius 2 is 2.10 bits per heavy atom. The highest BCUT2D eigenvalue weighted by atomic mass is 16.5. The molecule has 0 aliphatic heterocycles. The van der Waals surface area contributed by atoms with E-state index in [0.717, 1.165) is 18.4 Å². The molecule has 1 rings (SSSR count). The number of carbonyl (C=O) groups is 1. The van der Waals surface area contributed by atoms with E-state index in [2.05, 4.69) is 6.92 Å². The second-order valence-corrected chi connectivity index (χ2v) is 4.56. The average molecular weight is 280 g/mol. The summed E-state index contributed by atoms with van der Waals surface area (Å²) < 4.78 is 5.54. The average Bonchev–Trinajstić information content (AvgIpc) is 2.49. The summed E-state index contributed by atoms with van der Waals surface area (Å²) in [6, 6.07) is 7.41. The van der Waals surface area contributed by atoms with E-state index >= 15 is 0 Å². The van der Waals surface area contributed by atoms with E-state index in [1.807, 2.05) is 18.2 Å². The number of carbonyl (C=O) groups excluding carboxylic acids is 1. The largest absolute Gasteiger partial charge is 0.483 e. The number of unbranched alkanes of at least 4 members (excludes halogenated alkanes) is 1. The van der Waals surface area contributed by atoms with E-state index in [1.165, 1.54) is 0 Å². The van der Waals surface area contributed by atoms with Crippen LogP contribution in [0.2, 0.25) is 0 Å². The molecule has 5 heteroatoms. The van der Waals surface area contributed by atoms with Gasteiger partial charge in [-0.25, -0.2) is 0 Å². The van der Waals surface area contributed by atoms with Gasteiger partial charge in [-0.15, -0.1) is 0 Å². The van der Waals surface area contributed by atoms with Gasteiger partial charge in [0.15, 0.2) is 6.61 Å². The highest BCUT2D eigenvalue weighted by Crippen LogP contribution is 2.17. The first-order chi connectivity index (χ1) is 9.72. The van der Waals surface area contributed by atoms with Crippen molar-refractivity contribution in [1.82, 2.24) is 4.90 Å². The fourth-order valence-electron chi connectivity index (χ4n) is 1.87. The van der Waals surface area contributed by atoms with Crippen molar-refractivity contribution < 1.29 is 14.6 Å². The third kappa shape index (κ3) is 5.19. The number of para-hydroxylation sites is 1. The van der Waals surface area contributed by atoms with E-state index in [9.17, 15) is 4.79 Å². The van der Waals surface area contributed by atoms with Crippen LogP contribution in [0.5, 0.6) is 5.75 Å². The molecule has 112 valence electrons. The molecular formula is C15H24N2O3. The smallest absolute Gasteiger partial charge is 0.260 e. The Morgan fingerprint density at radius 1 is 1.35 bits per heavy atom. The van der Waals surface area contributed by atoms with Gasteiger partial charge in [0.25, 0.3) is 5.91 Å². The fourth-order valence-corrected chi connectivity index (χ4v) is 1.87. The third-order valence-corrected chi connectivity index (χ3v) is 3.05. The summed E-state index contributed by atoms with van der Waals surface area (Å²) in [6.07, 6.45) is 1.93. The van der Waals surface area contributed by atoms with Crippen molar-refractivity contribution in [2.75, 3.05) is 26.3 Å². The van der Waals surface area contributed by atoms with Gasteiger partial charge in [0.05, 0.1) is 6.61 Å². The molecule has 5 nitrogen and oxygen atoms in total. The van der Waals surface area contributed by atoms with Crippen LogP contribution in [0.4, 0.5) is 0 Å². The van der Waals surface area contributed by atoms with Gasteiger partial charge in [-0.1, -0.05) is 31.5 Å². The molecule has 1 aromatic rings. The maximum Gasteiger partial charge on any atom is 0.260 e. The summed E-state index contributed by atoms with van der Waals surface area (Å²) in [4.78, 5) is 13.7. The van der Waals surface area contributed by atoms with E-state index in [0.29, 0.717) is 25.4 Å². The number of hydrogen-bond acceptors (Lipinski definition) is 4. The number of hydrogen-bond donors (Lipinski definition) is 2. The van der Waals surface area contributed by atoms with E-state index in [1.54, 1.807) is 11.0 Å². The zero-order valence-electron chi connectivity index (χ0n) is 12.0. The number of amides is 1. The minimum Gasteiger partial charge on any atom is -0.483 e. The molecule has 0 atom stereocenters. The van der Waals surface area contributed by atoms with Gasteiger partial charge in [-0.2, -0.15) is 0 Å². The number of nitrogens with two attached hydrogens (primary N) is 1. The third-order valence-electron chi connectivity index (χ3n) is 3.05. The zero-order valence-corrected chi connectivity index (χ0v) is 12.0. The summed E-state index contributed by atoms with van der Waals surface area (Å²) in [5, 5.41) is 9.00. The first-order valence-corrected chi connectivity index (χ1v) is 7.02. The quantitative estimate of drug-likeness (QED) is 0.711. The van der Waals surface area contributed by atoms with Crippen LogP contribution in [0.25, 0.3) is 0 Å². The zero-order chi connectivity index (χ0) is 14.8. The van der Waals surface area contributed by atoms with E-state index in [-0.39, 0.29) is 19.1 Å². The Bertz CT molecular complexity index is 410. The first kappa shape index (κ1) is 16.5. The second kappa shape index (κ2) is 9.34. The molecule has 0 saturated carbocycles. The number of benzene rings is 1. The Morgan fingerprint density at radius 3 is 2.75 bits per heavy atom. The lowest BCUT2D eigenvalue weighted by Gasteiger charge is -2.22. The fraction of sp³-hybridized carbons (Fsp3) is 0.533. The van der Waals surface area contributed by atoms with Gasteiger partial charge in [-0.05, 0) is 12.5 Å². The molecule has 0 heterocycles. The Labute approximate surface area is 120 Å². The SMILES string of the molecule is CCCCN(CCO)C(=O)COc1ccccc1CN. The van der Waals surface area contributed by atoms with Crippen LogP contribution in [0.3, 0.4) is 0 Å². The molecule has 0 radical (unpaired) electrons. The number of nitrogens with zero attached hydrogens (tertiary/aromatic N) is 1. The van der Waals surface area contributed by atoms with Crippen molar-refractivity contribution >= 4 is 5.91 Å². The highest BCUT2D eigenvalue weighted by Gasteiger charge is 2.13. The molecule has 0 bridgehead atoms. The maximum absolute atomic E-state index is 12.1. The molecule has 1 aromatic carbocycles. The predicted molar refractivity (Wildman–Crippen MR) is 78.4 cm³/mol. The summed E-state index contributed by atoms with van der Waals surface area (Å²) in [6.45, 7) is 3.38. The molecule has 1 amide bonds. The minimum absolute atomic E-state index is 0.0271. The Balaban J connectivity index is 2.55. The standard InChI is InChI=1S/C15H24N2O3/c1-2-3-8-17(9-10-18)15(19)12-20-14-7-5-4-6-13(14)11-16/h4-7,18H,2-3,8-12,16H2,1H3. The van der Waals surface area contributed by atoms with E-state index in [4.69, 9.17) is 15.6 Å². The van der Waals surface area contributed by atoms with Crippen LogP contribution in [-0.4, -0.2) is 42.2 Å². The van der Waals surface area contributed by atoms with Crippen molar-refractivity contribution in [2.45, 2.75) is 26.3 Å². The van der Waals surface area contributed by atoms with Crippen molar-refractivity contribution in [1.29, 1.82) is 0 Å². The number of aliphatic hydroxyl groups is 1. The first-order valence-electron chi connectivity index (χ1n) is 7.02. The van der Waals surface area contributed by atoms with Gasteiger partial charge in [0.1, 0.15) is 5.75 Å². The minimum atomic E-state index is -0.112. The lowest BCUT2D eigenvalue weighted by atomic mass is 10.2. The number of ether oxygens (including phenoxy) is 1. The van der Waals surface area contributed by atoms with Gasteiger partial charge in [0.2, 0.25) is 0 Å². The number of aliphatic hydroxyl groups excluding tert-OH is 1. The van der Waals surface area contributed by atoms with Crippen molar-refractivity contribution in [3.05, 3.63) is 29.8 Å². The van der Waals surface area contributed by atoms with Crippen LogP contribution in [-0.2, 0) is 11.3 Å². The molecule has 0 spiro atoms. The molecule has 0 aliphatic carbocycles. The van der Waals surface area contributed by atoms with Crippen LogP contribution >= 0.6 is 0 Å². The van der Waals surface area contributed by atoms with Gasteiger partial charge in [-0.3, -0.25) is 4.79 Å². The van der Waals surface area contributed by atoms with Crippen LogP contribution in [0.1, 0.15) is 25.3 Å². The van der Waals surface area contributed by atoms with E-state index < -0.39 is 0 Å². The van der Waals surface area contributed by atoms with Crippen molar-refractivity contribution in [3.8, 4) is 5.75 Å². The van der Waals surface area contributed by atoms with Crippen LogP contribution < -0.4 is 10.5 Å². The van der Waals surface area contributed by atoms with Gasteiger partial charge in [0, 0.05) is 25.2 Å². The molecule has 0 fully saturated rings. The Hall–Kier alpha value is -1.59. The maximum atomic E-state index is 12.1. The monoisotopic (exact) mass is 280 g/mol. The highest BCUT2D eigenvalue weighted by molar-refractivity contribution is 5.77. The predicted octanol–water partition coefficient (Wildman–Crippen LogP) is 1.15. The lowest BCUT2D eigenvalue weighted by Crippen LogP contribution is -2.37. The summed E-state index contributed by atoms with van der Waals surface area (Å²) in [5.41, 5.74) is 6.50. The summed E-state index contributed by atoms with van der Waals surface area (Å²) in [5.74, 6) is 0.530. The molecule has 3 N–H and O–H groups in total. The lowest BCUT2D eigenvalue weighted by molar-refractivity contribution is -0.134. The molecule has 0 aliphatic rings. The summed E-state index contributed by atoms with van der Waals surface area (Å²) in [7, 11) is 0. The van der Waals surface area contributed by atoms with Crippen molar-refractivity contribution in [3.63, 3.8) is 0 Å². The molecule has 0 unspecified atom stereocenters. The summed E-state index contributed by atoms with van der Waals surface area (Å²) >= 11 is 0. The van der Waals surface area contributed by atoms with Crippen LogP contribution in [0.15, 0.2) is 24.3 Å². The molecule has 0 aromatic heterocycles.